The lowest BCUT2D eigenvalue weighted by molar-refractivity contribution is 0.355. The number of hydrogen-bond donors (Lipinski definition) is 2. The topological polar surface area (TPSA) is 76.6 Å². The number of aromatic nitrogens is 2. The minimum Gasteiger partial charge on any atom is -0.504 e. The summed E-state index contributed by atoms with van der Waals surface area (Å²) in [5, 5.41) is 17.6. The average molecular weight is 414 g/mol. The second-order valence-corrected chi connectivity index (χ2v) is 7.43. The quantitative estimate of drug-likeness (QED) is 0.421. The lowest BCUT2D eigenvalue weighted by atomic mass is 10.0. The van der Waals surface area contributed by atoms with Crippen LogP contribution in [0.25, 0.3) is 33.6 Å². The first-order chi connectivity index (χ1) is 15.1. The lowest BCUT2D eigenvalue weighted by Gasteiger charge is -2.10. The zero-order valence-electron chi connectivity index (χ0n) is 17.5. The van der Waals surface area contributed by atoms with Crippen molar-refractivity contribution in [2.75, 3.05) is 21.3 Å². The van der Waals surface area contributed by atoms with Gasteiger partial charge in [0.2, 0.25) is 0 Å². The van der Waals surface area contributed by atoms with E-state index in [1.807, 2.05) is 24.3 Å². The van der Waals surface area contributed by atoms with Gasteiger partial charge in [-0.1, -0.05) is 30.3 Å². The number of ether oxygens (including phenoxy) is 3. The van der Waals surface area contributed by atoms with Crippen LogP contribution in [0.1, 0.15) is 11.1 Å². The Labute approximate surface area is 180 Å². The van der Waals surface area contributed by atoms with Crippen LogP contribution in [0.15, 0.2) is 54.6 Å². The smallest absolute Gasteiger partial charge is 0.161 e. The van der Waals surface area contributed by atoms with Gasteiger partial charge in [-0.15, -0.1) is 0 Å². The van der Waals surface area contributed by atoms with Crippen molar-refractivity contribution in [1.82, 2.24) is 10.2 Å². The number of H-pyrrole nitrogens is 1. The van der Waals surface area contributed by atoms with E-state index in [1.54, 1.807) is 27.4 Å². The number of rotatable bonds is 5. The molecule has 0 fully saturated rings. The van der Waals surface area contributed by atoms with Crippen LogP contribution in [0.3, 0.4) is 0 Å². The van der Waals surface area contributed by atoms with E-state index in [4.69, 9.17) is 14.2 Å². The first-order valence-corrected chi connectivity index (χ1v) is 9.93. The molecule has 1 aromatic heterocycles. The fourth-order valence-electron chi connectivity index (χ4n) is 4.17. The monoisotopic (exact) mass is 414 g/mol. The molecular weight excluding hydrogens is 392 g/mol. The van der Waals surface area contributed by atoms with Gasteiger partial charge in [0.1, 0.15) is 0 Å². The van der Waals surface area contributed by atoms with Crippen LogP contribution in [0.2, 0.25) is 0 Å². The summed E-state index contributed by atoms with van der Waals surface area (Å²) in [5.74, 6) is 2.02. The van der Waals surface area contributed by atoms with Gasteiger partial charge in [-0.2, -0.15) is 5.10 Å². The Hall–Kier alpha value is -3.93. The van der Waals surface area contributed by atoms with Crippen molar-refractivity contribution in [3.8, 4) is 56.6 Å². The molecule has 0 amide bonds. The zero-order chi connectivity index (χ0) is 21.5. The Morgan fingerprint density at radius 1 is 0.774 bits per heavy atom. The summed E-state index contributed by atoms with van der Waals surface area (Å²) in [6.45, 7) is 0. The largest absolute Gasteiger partial charge is 0.504 e. The second kappa shape index (κ2) is 7.40. The first kappa shape index (κ1) is 19.1. The molecule has 31 heavy (non-hydrogen) atoms. The van der Waals surface area contributed by atoms with E-state index in [2.05, 4.69) is 34.5 Å². The summed E-state index contributed by atoms with van der Waals surface area (Å²) in [6.07, 6.45) is 0.785. The molecule has 1 heterocycles. The van der Waals surface area contributed by atoms with Gasteiger partial charge < -0.3 is 19.3 Å². The SMILES string of the molecule is COc1cc(-c2ccc(-c3n[nH]c4c3Cc3cc(OC)c(OC)cc3-4)cc2)ccc1O. The van der Waals surface area contributed by atoms with Gasteiger partial charge in [-0.05, 0) is 41.0 Å². The molecule has 0 spiro atoms. The molecule has 0 unspecified atom stereocenters. The van der Waals surface area contributed by atoms with Crippen molar-refractivity contribution < 1.29 is 19.3 Å². The van der Waals surface area contributed by atoms with E-state index in [9.17, 15) is 5.11 Å². The molecule has 0 bridgehead atoms. The van der Waals surface area contributed by atoms with Gasteiger partial charge in [-0.25, -0.2) is 0 Å². The van der Waals surface area contributed by atoms with Crippen LogP contribution in [0, 0.1) is 0 Å². The summed E-state index contributed by atoms with van der Waals surface area (Å²) in [4.78, 5) is 0. The molecule has 0 saturated carbocycles. The fourth-order valence-corrected chi connectivity index (χ4v) is 4.17. The minimum atomic E-state index is 0.128. The number of methoxy groups -OCH3 is 3. The highest BCUT2D eigenvalue weighted by Gasteiger charge is 2.27. The summed E-state index contributed by atoms with van der Waals surface area (Å²) in [7, 11) is 4.84. The summed E-state index contributed by atoms with van der Waals surface area (Å²) in [5.41, 5.74) is 8.47. The van der Waals surface area contributed by atoms with Crippen molar-refractivity contribution >= 4 is 0 Å². The number of nitrogens with zero attached hydrogens (tertiary/aromatic N) is 1. The van der Waals surface area contributed by atoms with Gasteiger partial charge >= 0.3 is 0 Å². The number of nitrogens with one attached hydrogen (secondary N) is 1. The van der Waals surface area contributed by atoms with E-state index in [0.29, 0.717) is 11.5 Å². The molecule has 0 saturated heterocycles. The van der Waals surface area contributed by atoms with Crippen molar-refractivity contribution in [1.29, 1.82) is 0 Å². The van der Waals surface area contributed by atoms with Crippen molar-refractivity contribution in [3.63, 3.8) is 0 Å². The van der Waals surface area contributed by atoms with Gasteiger partial charge in [0.15, 0.2) is 23.0 Å². The summed E-state index contributed by atoms with van der Waals surface area (Å²) in [6, 6.07) is 17.6. The minimum absolute atomic E-state index is 0.128. The molecule has 5 rings (SSSR count). The highest BCUT2D eigenvalue weighted by Crippen LogP contribution is 2.44. The van der Waals surface area contributed by atoms with Gasteiger partial charge in [-0.3, -0.25) is 5.10 Å². The normalized spacial score (nSPS) is 11.7. The van der Waals surface area contributed by atoms with E-state index in [1.165, 1.54) is 11.1 Å². The Morgan fingerprint density at radius 2 is 1.42 bits per heavy atom. The van der Waals surface area contributed by atoms with Crippen LogP contribution in [-0.4, -0.2) is 36.6 Å². The standard InChI is InChI=1S/C25H22N2O4/c1-29-21-11-16(8-9-20(21)28)14-4-6-15(7-5-14)24-19-10-17-12-22(30-2)23(31-3)13-18(17)25(19)27-26-24/h4-9,11-13,28H,10H2,1-3H3,(H,26,27). The van der Waals surface area contributed by atoms with Crippen LogP contribution in [0.5, 0.6) is 23.0 Å². The third-order valence-corrected chi connectivity index (χ3v) is 5.78. The molecule has 4 aromatic rings. The number of aromatic hydroxyl groups is 1. The number of aromatic amines is 1. The maximum absolute atomic E-state index is 9.83. The predicted octanol–water partition coefficient (Wildman–Crippen LogP) is 5.05. The van der Waals surface area contributed by atoms with Gasteiger partial charge in [0.25, 0.3) is 0 Å². The van der Waals surface area contributed by atoms with E-state index in [-0.39, 0.29) is 5.75 Å². The van der Waals surface area contributed by atoms with Crippen LogP contribution in [0.4, 0.5) is 0 Å². The predicted molar refractivity (Wildman–Crippen MR) is 119 cm³/mol. The molecule has 0 aliphatic heterocycles. The fraction of sp³-hybridized carbons (Fsp3) is 0.160. The molecule has 3 aromatic carbocycles. The maximum Gasteiger partial charge on any atom is 0.161 e. The Balaban J connectivity index is 1.49. The summed E-state index contributed by atoms with van der Waals surface area (Å²) >= 11 is 0. The number of hydrogen-bond acceptors (Lipinski definition) is 5. The van der Waals surface area contributed by atoms with Crippen LogP contribution >= 0.6 is 0 Å². The highest BCUT2D eigenvalue weighted by atomic mass is 16.5. The van der Waals surface area contributed by atoms with Crippen molar-refractivity contribution in [3.05, 3.63) is 65.7 Å². The Bertz CT molecular complexity index is 1280. The molecule has 0 atom stereocenters. The molecule has 1 aliphatic rings. The van der Waals surface area contributed by atoms with Crippen molar-refractivity contribution in [2.24, 2.45) is 0 Å². The molecule has 6 nitrogen and oxygen atoms in total. The highest BCUT2D eigenvalue weighted by molar-refractivity contribution is 5.83. The van der Waals surface area contributed by atoms with Crippen molar-refractivity contribution in [2.45, 2.75) is 6.42 Å². The van der Waals surface area contributed by atoms with E-state index in [0.717, 1.165) is 45.8 Å². The Morgan fingerprint density at radius 3 is 2.13 bits per heavy atom. The Kier molecular flexibility index (Phi) is 4.55. The maximum atomic E-state index is 9.83. The van der Waals surface area contributed by atoms with Crippen LogP contribution < -0.4 is 14.2 Å². The average Bonchev–Trinajstić information content (AvgIpc) is 3.37. The lowest BCUT2D eigenvalue weighted by Crippen LogP contribution is -1.93. The van der Waals surface area contributed by atoms with E-state index < -0.39 is 0 Å². The number of benzene rings is 3. The second-order valence-electron chi connectivity index (χ2n) is 7.43. The summed E-state index contributed by atoms with van der Waals surface area (Å²) < 4.78 is 16.1. The van der Waals surface area contributed by atoms with Gasteiger partial charge in [0, 0.05) is 23.1 Å². The third kappa shape index (κ3) is 3.08. The zero-order valence-corrected chi connectivity index (χ0v) is 17.5. The number of phenols is 1. The molecule has 6 heteroatoms. The molecular formula is C25H22N2O4. The third-order valence-electron chi connectivity index (χ3n) is 5.78. The number of phenolic OH excluding ortho intramolecular Hbond substituents is 1. The number of fused-ring (bicyclic) bond motifs is 3. The molecule has 0 radical (unpaired) electrons. The molecule has 156 valence electrons. The van der Waals surface area contributed by atoms with Crippen LogP contribution in [-0.2, 0) is 6.42 Å². The van der Waals surface area contributed by atoms with E-state index >= 15 is 0 Å². The molecule has 2 N–H and O–H groups in total. The first-order valence-electron chi connectivity index (χ1n) is 9.93. The van der Waals surface area contributed by atoms with Gasteiger partial charge in [0.05, 0.1) is 32.7 Å². The molecule has 1 aliphatic carbocycles.